The van der Waals surface area contributed by atoms with E-state index in [2.05, 4.69) is 10.6 Å². The summed E-state index contributed by atoms with van der Waals surface area (Å²) in [4.78, 5) is 34.6. The van der Waals surface area contributed by atoms with E-state index in [1.807, 2.05) is 6.07 Å². The summed E-state index contributed by atoms with van der Waals surface area (Å²) in [6.45, 7) is 2.89. The van der Waals surface area contributed by atoms with Gasteiger partial charge in [-0.1, -0.05) is 30.3 Å². The number of benzene rings is 2. The molecule has 1 atom stereocenters. The third-order valence-electron chi connectivity index (χ3n) is 4.28. The van der Waals surface area contributed by atoms with Gasteiger partial charge in [0.25, 0.3) is 0 Å². The van der Waals surface area contributed by atoms with E-state index < -0.39 is 23.9 Å². The Bertz CT molecular complexity index is 886. The van der Waals surface area contributed by atoms with Crippen molar-refractivity contribution in [3.63, 3.8) is 0 Å². The van der Waals surface area contributed by atoms with Crippen LogP contribution >= 0.6 is 0 Å². The van der Waals surface area contributed by atoms with Crippen molar-refractivity contribution in [1.82, 2.24) is 5.32 Å². The first-order chi connectivity index (χ1) is 13.8. The minimum Gasteiger partial charge on any atom is -0.480 e. The van der Waals surface area contributed by atoms with Crippen LogP contribution in [0.1, 0.15) is 30.0 Å². The quantitative estimate of drug-likeness (QED) is 0.628. The van der Waals surface area contributed by atoms with Crippen molar-refractivity contribution in [2.45, 2.75) is 39.3 Å². The van der Waals surface area contributed by atoms with Gasteiger partial charge in [0, 0.05) is 12.6 Å². The number of hydrogen-bond donors (Lipinski definition) is 3. The largest absolute Gasteiger partial charge is 0.480 e. The predicted octanol–water partition coefficient (Wildman–Crippen LogP) is 3.40. The smallest absolute Gasteiger partial charge is 0.408 e. The van der Waals surface area contributed by atoms with E-state index >= 15 is 0 Å². The van der Waals surface area contributed by atoms with Gasteiger partial charge in [-0.15, -0.1) is 0 Å². The Morgan fingerprint density at radius 3 is 2.48 bits per heavy atom. The third kappa shape index (κ3) is 6.91. The van der Waals surface area contributed by atoms with Crippen molar-refractivity contribution in [2.24, 2.45) is 0 Å². The number of aliphatic carboxylic acids is 1. The summed E-state index contributed by atoms with van der Waals surface area (Å²) >= 11 is 0. The number of halogens is 1. The number of ether oxygens (including phenoxy) is 1. The molecule has 8 heteroatoms. The highest BCUT2D eigenvalue weighted by molar-refractivity contribution is 5.88. The molecule has 3 N–H and O–H groups in total. The van der Waals surface area contributed by atoms with Crippen molar-refractivity contribution in [1.29, 1.82) is 0 Å². The fourth-order valence-corrected chi connectivity index (χ4v) is 2.74. The Labute approximate surface area is 167 Å². The highest BCUT2D eigenvalue weighted by atomic mass is 19.1. The molecule has 0 bridgehead atoms. The number of hydrogen-bond acceptors (Lipinski definition) is 4. The molecule has 0 aliphatic rings. The van der Waals surface area contributed by atoms with E-state index in [-0.39, 0.29) is 31.0 Å². The van der Waals surface area contributed by atoms with Crippen LogP contribution in [0.15, 0.2) is 42.5 Å². The van der Waals surface area contributed by atoms with Gasteiger partial charge in [-0.05, 0) is 48.6 Å². The number of carboxylic acids is 1. The minimum atomic E-state index is -1.22. The Morgan fingerprint density at radius 2 is 1.86 bits per heavy atom. The molecular formula is C21H23FN2O5. The highest BCUT2D eigenvalue weighted by Gasteiger charge is 2.21. The average Bonchev–Trinajstić information content (AvgIpc) is 2.67. The molecular weight excluding hydrogens is 379 g/mol. The summed E-state index contributed by atoms with van der Waals surface area (Å²) in [5.41, 5.74) is 1.96. The summed E-state index contributed by atoms with van der Waals surface area (Å²) < 4.78 is 19.1. The van der Waals surface area contributed by atoms with Crippen LogP contribution in [0.4, 0.5) is 14.9 Å². The van der Waals surface area contributed by atoms with Crippen LogP contribution in [-0.4, -0.2) is 29.1 Å². The molecule has 0 fully saturated rings. The zero-order valence-corrected chi connectivity index (χ0v) is 16.2. The lowest BCUT2D eigenvalue weighted by molar-refractivity contribution is -0.139. The first-order valence-corrected chi connectivity index (χ1v) is 9.03. The number of carbonyl (C=O) groups is 3. The number of nitrogens with one attached hydrogen (secondary N) is 2. The normalized spacial score (nSPS) is 11.4. The van der Waals surface area contributed by atoms with E-state index in [0.717, 1.165) is 5.56 Å². The number of aryl methyl sites for hydroxylation is 1. The maximum Gasteiger partial charge on any atom is 0.408 e. The highest BCUT2D eigenvalue weighted by Crippen LogP contribution is 2.21. The molecule has 0 saturated carbocycles. The number of alkyl carbamates (subject to hydrolysis) is 1. The molecule has 7 nitrogen and oxygen atoms in total. The molecule has 0 spiro atoms. The topological polar surface area (TPSA) is 105 Å². The Kier molecular flexibility index (Phi) is 7.70. The van der Waals surface area contributed by atoms with Crippen molar-refractivity contribution in [3.05, 3.63) is 65.0 Å². The fourth-order valence-electron chi connectivity index (χ4n) is 2.74. The second-order valence-electron chi connectivity index (χ2n) is 6.56. The van der Waals surface area contributed by atoms with Crippen molar-refractivity contribution in [2.75, 3.05) is 5.32 Å². The van der Waals surface area contributed by atoms with Crippen molar-refractivity contribution >= 4 is 23.7 Å². The number of carbonyl (C=O) groups excluding carboxylic acids is 2. The predicted molar refractivity (Wildman–Crippen MR) is 105 cm³/mol. The Hall–Kier alpha value is -3.42. The molecule has 2 aromatic rings. The summed E-state index contributed by atoms with van der Waals surface area (Å²) in [6.07, 6.45) is -0.637. The van der Waals surface area contributed by atoms with Crippen LogP contribution in [-0.2, 0) is 27.4 Å². The second-order valence-corrected chi connectivity index (χ2v) is 6.56. The summed E-state index contributed by atoms with van der Waals surface area (Å²) in [5, 5.41) is 14.2. The average molecular weight is 402 g/mol. The van der Waals surface area contributed by atoms with E-state index in [4.69, 9.17) is 4.74 Å². The first kappa shape index (κ1) is 21.9. The van der Waals surface area contributed by atoms with Crippen LogP contribution in [0.25, 0.3) is 0 Å². The number of amides is 2. The first-order valence-electron chi connectivity index (χ1n) is 9.03. The van der Waals surface area contributed by atoms with Gasteiger partial charge in [0.2, 0.25) is 5.91 Å². The van der Waals surface area contributed by atoms with Crippen molar-refractivity contribution < 1.29 is 28.6 Å². The zero-order valence-electron chi connectivity index (χ0n) is 16.2. The standard InChI is InChI=1S/C21H23FN2O5/c1-13-16(10-17(11-18(13)22)23-14(2)25)8-9-19(20(26)27)24-21(28)29-12-15-6-4-3-5-7-15/h3-7,10-11,19H,8-9,12H2,1-2H3,(H,23,25)(H,24,28)(H,26,27)/t19-/m0/s1. The lowest BCUT2D eigenvalue weighted by Gasteiger charge is -2.16. The van der Waals surface area contributed by atoms with Gasteiger partial charge in [0.1, 0.15) is 18.5 Å². The molecule has 2 rings (SSSR count). The maximum absolute atomic E-state index is 14.1. The molecule has 0 unspecified atom stereocenters. The number of rotatable bonds is 8. The molecule has 2 amide bonds. The van der Waals surface area contributed by atoms with Gasteiger partial charge in [0.05, 0.1) is 0 Å². The van der Waals surface area contributed by atoms with E-state index in [1.54, 1.807) is 37.3 Å². The molecule has 0 aliphatic carbocycles. The van der Waals surface area contributed by atoms with Gasteiger partial charge < -0.3 is 20.5 Å². The summed E-state index contributed by atoms with van der Waals surface area (Å²) in [5.74, 6) is -2.07. The monoisotopic (exact) mass is 402 g/mol. The van der Waals surface area contributed by atoms with E-state index in [9.17, 15) is 23.9 Å². The van der Waals surface area contributed by atoms with Gasteiger partial charge in [-0.2, -0.15) is 0 Å². The van der Waals surface area contributed by atoms with Crippen LogP contribution in [0.5, 0.6) is 0 Å². The lowest BCUT2D eigenvalue weighted by atomic mass is 9.99. The zero-order chi connectivity index (χ0) is 21.4. The maximum atomic E-state index is 14.1. The van der Waals surface area contributed by atoms with Crippen LogP contribution in [0, 0.1) is 12.7 Å². The van der Waals surface area contributed by atoms with Gasteiger partial charge >= 0.3 is 12.1 Å². The van der Waals surface area contributed by atoms with E-state index in [1.165, 1.54) is 13.0 Å². The molecule has 0 aliphatic heterocycles. The summed E-state index contributed by atoms with van der Waals surface area (Å²) in [6, 6.07) is 10.6. The number of carboxylic acid groups (broad SMARTS) is 1. The number of anilines is 1. The molecule has 0 saturated heterocycles. The van der Waals surface area contributed by atoms with Crippen LogP contribution < -0.4 is 10.6 Å². The van der Waals surface area contributed by atoms with Crippen LogP contribution in [0.3, 0.4) is 0 Å². The lowest BCUT2D eigenvalue weighted by Crippen LogP contribution is -2.41. The summed E-state index contributed by atoms with van der Waals surface area (Å²) in [7, 11) is 0. The Balaban J connectivity index is 1.98. The molecule has 0 heterocycles. The molecule has 29 heavy (non-hydrogen) atoms. The minimum absolute atomic E-state index is 0.0160. The van der Waals surface area contributed by atoms with Crippen LogP contribution in [0.2, 0.25) is 0 Å². The molecule has 154 valence electrons. The van der Waals surface area contributed by atoms with Gasteiger partial charge in [0.15, 0.2) is 0 Å². The molecule has 2 aromatic carbocycles. The van der Waals surface area contributed by atoms with Gasteiger partial charge in [-0.25, -0.2) is 14.0 Å². The fraction of sp³-hybridized carbons (Fsp3) is 0.286. The van der Waals surface area contributed by atoms with Gasteiger partial charge in [-0.3, -0.25) is 4.79 Å². The third-order valence-corrected chi connectivity index (χ3v) is 4.28. The molecule has 0 aromatic heterocycles. The SMILES string of the molecule is CC(=O)Nc1cc(F)c(C)c(CC[C@H](NC(=O)OCc2ccccc2)C(=O)O)c1. The second kappa shape index (κ2) is 10.2. The molecule has 0 radical (unpaired) electrons. The van der Waals surface area contributed by atoms with Crippen molar-refractivity contribution in [3.8, 4) is 0 Å². The van der Waals surface area contributed by atoms with E-state index in [0.29, 0.717) is 11.1 Å². The Morgan fingerprint density at radius 1 is 1.17 bits per heavy atom.